The van der Waals surface area contributed by atoms with Gasteiger partial charge in [-0.1, -0.05) is 6.92 Å². The number of amides is 1. The van der Waals surface area contributed by atoms with Gasteiger partial charge in [0.15, 0.2) is 0 Å². The van der Waals surface area contributed by atoms with Gasteiger partial charge in [-0.25, -0.2) is 0 Å². The molecule has 1 aliphatic heterocycles. The van der Waals surface area contributed by atoms with Gasteiger partial charge in [-0.15, -0.1) is 0 Å². The van der Waals surface area contributed by atoms with Crippen molar-refractivity contribution in [2.75, 3.05) is 19.7 Å². The third kappa shape index (κ3) is 2.45. The summed E-state index contributed by atoms with van der Waals surface area (Å²) >= 11 is 0. The number of aliphatic hydroxyl groups is 1. The van der Waals surface area contributed by atoms with Crippen molar-refractivity contribution >= 4 is 5.91 Å². The second-order valence-corrected chi connectivity index (χ2v) is 3.84. The van der Waals surface area contributed by atoms with E-state index in [1.54, 1.807) is 0 Å². The molecule has 0 aromatic rings. The first-order valence-corrected chi connectivity index (χ1v) is 5.35. The van der Waals surface area contributed by atoms with Crippen LogP contribution >= 0.6 is 0 Å². The predicted octanol–water partition coefficient (Wildman–Crippen LogP) is -0.0323. The maximum Gasteiger partial charge on any atom is 0.239 e. The Labute approximate surface area is 85.3 Å². The summed E-state index contributed by atoms with van der Waals surface area (Å²) in [5.74, 6) is -0.0368. The van der Waals surface area contributed by atoms with Crippen molar-refractivity contribution < 1.29 is 9.90 Å². The molecule has 1 amide bonds. The lowest BCUT2D eigenvalue weighted by molar-refractivity contribution is -0.127. The van der Waals surface area contributed by atoms with Crippen molar-refractivity contribution in [2.45, 2.75) is 38.8 Å². The molecule has 0 aliphatic carbocycles. The average Bonchev–Trinajstić information content (AvgIpc) is 2.38. The molecule has 4 heteroatoms. The summed E-state index contributed by atoms with van der Waals surface area (Å²) in [6.45, 7) is 5.72. The zero-order valence-electron chi connectivity index (χ0n) is 8.99. The highest BCUT2D eigenvalue weighted by molar-refractivity contribution is 5.82. The molecule has 4 nitrogen and oxygen atoms in total. The molecular weight excluding hydrogens is 180 g/mol. The largest absolute Gasteiger partial charge is 0.394 e. The molecule has 1 rings (SSSR count). The van der Waals surface area contributed by atoms with Crippen molar-refractivity contribution in [1.82, 2.24) is 10.2 Å². The SMILES string of the molecule is CCC(C)N1CCCNC(=O)C1CO. The zero-order valence-corrected chi connectivity index (χ0v) is 8.99. The molecule has 1 fully saturated rings. The second kappa shape index (κ2) is 5.32. The third-order valence-electron chi connectivity index (χ3n) is 2.93. The fourth-order valence-corrected chi connectivity index (χ4v) is 1.85. The summed E-state index contributed by atoms with van der Waals surface area (Å²) in [7, 11) is 0. The Bertz CT molecular complexity index is 197. The lowest BCUT2D eigenvalue weighted by Crippen LogP contribution is -2.50. The predicted molar refractivity (Wildman–Crippen MR) is 55.0 cm³/mol. The quantitative estimate of drug-likeness (QED) is 0.672. The van der Waals surface area contributed by atoms with Gasteiger partial charge in [0.25, 0.3) is 0 Å². The number of nitrogens with one attached hydrogen (secondary N) is 1. The zero-order chi connectivity index (χ0) is 10.6. The van der Waals surface area contributed by atoms with Gasteiger partial charge in [0.2, 0.25) is 5.91 Å². The van der Waals surface area contributed by atoms with Gasteiger partial charge < -0.3 is 10.4 Å². The molecule has 0 spiro atoms. The van der Waals surface area contributed by atoms with E-state index in [0.29, 0.717) is 6.04 Å². The Balaban J connectivity index is 2.71. The Morgan fingerprint density at radius 1 is 1.71 bits per heavy atom. The van der Waals surface area contributed by atoms with Crippen LogP contribution in [0.1, 0.15) is 26.7 Å². The molecule has 14 heavy (non-hydrogen) atoms. The first kappa shape index (κ1) is 11.5. The number of rotatable bonds is 3. The van der Waals surface area contributed by atoms with Gasteiger partial charge in [0.1, 0.15) is 6.04 Å². The van der Waals surface area contributed by atoms with E-state index >= 15 is 0 Å². The number of hydrogen-bond donors (Lipinski definition) is 2. The highest BCUT2D eigenvalue weighted by atomic mass is 16.3. The summed E-state index contributed by atoms with van der Waals surface area (Å²) < 4.78 is 0. The van der Waals surface area contributed by atoms with Crippen LogP contribution in [0.25, 0.3) is 0 Å². The van der Waals surface area contributed by atoms with E-state index in [4.69, 9.17) is 0 Å². The molecule has 0 radical (unpaired) electrons. The summed E-state index contributed by atoms with van der Waals surface area (Å²) in [4.78, 5) is 13.7. The molecule has 82 valence electrons. The van der Waals surface area contributed by atoms with Gasteiger partial charge in [-0.2, -0.15) is 0 Å². The monoisotopic (exact) mass is 200 g/mol. The van der Waals surface area contributed by atoms with Crippen molar-refractivity contribution in [1.29, 1.82) is 0 Å². The third-order valence-corrected chi connectivity index (χ3v) is 2.93. The molecule has 2 N–H and O–H groups in total. The highest BCUT2D eigenvalue weighted by Gasteiger charge is 2.29. The summed E-state index contributed by atoms with van der Waals surface area (Å²) in [6, 6.07) is 0.00319. The van der Waals surface area contributed by atoms with Crippen LogP contribution in [0.15, 0.2) is 0 Å². The molecule has 0 aromatic carbocycles. The van der Waals surface area contributed by atoms with Crippen LogP contribution in [0.4, 0.5) is 0 Å². The van der Waals surface area contributed by atoms with Crippen LogP contribution < -0.4 is 5.32 Å². The maximum absolute atomic E-state index is 11.6. The van der Waals surface area contributed by atoms with Gasteiger partial charge in [0.05, 0.1) is 6.61 Å². The molecule has 0 saturated carbocycles. The normalized spacial score (nSPS) is 26.8. The van der Waals surface area contributed by atoms with Crippen LogP contribution in [0.2, 0.25) is 0 Å². The summed E-state index contributed by atoms with van der Waals surface area (Å²) in [5, 5.41) is 12.0. The van der Waals surface area contributed by atoms with Gasteiger partial charge in [-0.05, 0) is 19.8 Å². The number of carbonyl (C=O) groups excluding carboxylic acids is 1. The number of aliphatic hydroxyl groups excluding tert-OH is 1. The molecular formula is C10H20N2O2. The van der Waals surface area contributed by atoms with Gasteiger partial charge in [-0.3, -0.25) is 9.69 Å². The van der Waals surface area contributed by atoms with E-state index < -0.39 is 0 Å². The molecule has 0 aromatic heterocycles. The van der Waals surface area contributed by atoms with E-state index in [1.807, 2.05) is 0 Å². The Morgan fingerprint density at radius 3 is 3.00 bits per heavy atom. The van der Waals surface area contributed by atoms with Crippen LogP contribution in [-0.2, 0) is 4.79 Å². The van der Waals surface area contributed by atoms with Gasteiger partial charge >= 0.3 is 0 Å². The minimum Gasteiger partial charge on any atom is -0.394 e. The molecule has 1 aliphatic rings. The first-order valence-electron chi connectivity index (χ1n) is 5.35. The standard InChI is InChI=1S/C10H20N2O2/c1-3-8(2)12-6-4-5-11-10(14)9(12)7-13/h8-9,13H,3-7H2,1-2H3,(H,11,14). The fourth-order valence-electron chi connectivity index (χ4n) is 1.85. The minimum absolute atomic E-state index is 0.0368. The summed E-state index contributed by atoms with van der Waals surface area (Å²) in [5.41, 5.74) is 0. The van der Waals surface area contributed by atoms with Crippen LogP contribution in [0, 0.1) is 0 Å². The van der Waals surface area contributed by atoms with Crippen LogP contribution in [-0.4, -0.2) is 47.7 Å². The van der Waals surface area contributed by atoms with E-state index in [9.17, 15) is 9.90 Å². The topological polar surface area (TPSA) is 52.6 Å². The summed E-state index contributed by atoms with van der Waals surface area (Å²) in [6.07, 6.45) is 1.97. The van der Waals surface area contributed by atoms with E-state index in [0.717, 1.165) is 25.9 Å². The van der Waals surface area contributed by atoms with E-state index in [2.05, 4.69) is 24.1 Å². The lowest BCUT2D eigenvalue weighted by atomic mass is 10.1. The number of carbonyl (C=O) groups is 1. The molecule has 2 atom stereocenters. The van der Waals surface area contributed by atoms with E-state index in [1.165, 1.54) is 0 Å². The second-order valence-electron chi connectivity index (χ2n) is 3.84. The Hall–Kier alpha value is -0.610. The highest BCUT2D eigenvalue weighted by Crippen LogP contribution is 2.12. The molecule has 1 saturated heterocycles. The van der Waals surface area contributed by atoms with Crippen molar-refractivity contribution in [3.05, 3.63) is 0 Å². The maximum atomic E-state index is 11.6. The number of nitrogens with zero attached hydrogens (tertiary/aromatic N) is 1. The van der Waals surface area contributed by atoms with Crippen molar-refractivity contribution in [2.24, 2.45) is 0 Å². The van der Waals surface area contributed by atoms with E-state index in [-0.39, 0.29) is 18.6 Å². The molecule has 1 heterocycles. The minimum atomic E-state index is -0.354. The fraction of sp³-hybridized carbons (Fsp3) is 0.900. The van der Waals surface area contributed by atoms with Crippen molar-refractivity contribution in [3.63, 3.8) is 0 Å². The van der Waals surface area contributed by atoms with Gasteiger partial charge in [0, 0.05) is 19.1 Å². The number of hydrogen-bond acceptors (Lipinski definition) is 3. The van der Waals surface area contributed by atoms with Crippen LogP contribution in [0.5, 0.6) is 0 Å². The first-order chi connectivity index (χ1) is 6.70. The molecule has 0 bridgehead atoms. The Kier molecular flexibility index (Phi) is 4.35. The average molecular weight is 200 g/mol. The Morgan fingerprint density at radius 2 is 2.43 bits per heavy atom. The van der Waals surface area contributed by atoms with Crippen LogP contribution in [0.3, 0.4) is 0 Å². The smallest absolute Gasteiger partial charge is 0.239 e. The van der Waals surface area contributed by atoms with Crippen molar-refractivity contribution in [3.8, 4) is 0 Å². The molecule has 2 unspecified atom stereocenters. The lowest BCUT2D eigenvalue weighted by Gasteiger charge is -2.31.